The quantitative estimate of drug-likeness (QED) is 0.624. The number of benzene rings is 2. The van der Waals surface area contributed by atoms with Crippen LogP contribution in [0.3, 0.4) is 0 Å². The number of aromatic nitrogens is 1. The zero-order valence-corrected chi connectivity index (χ0v) is 15.9. The van der Waals surface area contributed by atoms with E-state index in [0.29, 0.717) is 29.3 Å². The maximum atomic E-state index is 13.0. The van der Waals surface area contributed by atoms with Crippen molar-refractivity contribution in [2.24, 2.45) is 0 Å². The molecule has 1 aromatic heterocycles. The van der Waals surface area contributed by atoms with E-state index >= 15 is 0 Å². The van der Waals surface area contributed by atoms with E-state index in [9.17, 15) is 4.79 Å². The number of hydrogen-bond donors (Lipinski definition) is 0. The van der Waals surface area contributed by atoms with Crippen molar-refractivity contribution in [2.45, 2.75) is 26.4 Å². The van der Waals surface area contributed by atoms with Crippen LogP contribution in [-0.2, 0) is 6.54 Å². The SMILES string of the molecule is CC(C)N(Cc1ccc(C#N)cc1)C(=O)c1ccc(Oc2ccccc2)nc1. The normalized spacial score (nSPS) is 10.4. The Bertz CT molecular complexity index is 959. The van der Waals surface area contributed by atoms with E-state index < -0.39 is 0 Å². The summed E-state index contributed by atoms with van der Waals surface area (Å²) in [4.78, 5) is 19.0. The summed E-state index contributed by atoms with van der Waals surface area (Å²) in [5.74, 6) is 1.03. The van der Waals surface area contributed by atoms with Crippen LogP contribution in [0.4, 0.5) is 0 Å². The summed E-state index contributed by atoms with van der Waals surface area (Å²) in [6.07, 6.45) is 1.54. The van der Waals surface area contributed by atoms with Crippen LogP contribution >= 0.6 is 0 Å². The Morgan fingerprint density at radius 3 is 2.36 bits per heavy atom. The smallest absolute Gasteiger partial charge is 0.255 e. The van der Waals surface area contributed by atoms with Gasteiger partial charge in [0.2, 0.25) is 5.88 Å². The lowest BCUT2D eigenvalue weighted by Crippen LogP contribution is -2.36. The van der Waals surface area contributed by atoms with Crippen molar-refractivity contribution >= 4 is 5.91 Å². The largest absolute Gasteiger partial charge is 0.439 e. The van der Waals surface area contributed by atoms with Gasteiger partial charge in [-0.05, 0) is 49.7 Å². The molecule has 0 N–H and O–H groups in total. The summed E-state index contributed by atoms with van der Waals surface area (Å²) in [5.41, 5.74) is 2.07. The van der Waals surface area contributed by atoms with Crippen LogP contribution in [0, 0.1) is 11.3 Å². The van der Waals surface area contributed by atoms with Gasteiger partial charge in [0.25, 0.3) is 5.91 Å². The number of carbonyl (C=O) groups is 1. The molecule has 0 aliphatic heterocycles. The Morgan fingerprint density at radius 2 is 1.79 bits per heavy atom. The van der Waals surface area contributed by atoms with Gasteiger partial charge in [-0.2, -0.15) is 5.26 Å². The minimum absolute atomic E-state index is 0.0170. The molecule has 0 bridgehead atoms. The predicted molar refractivity (Wildman–Crippen MR) is 107 cm³/mol. The Morgan fingerprint density at radius 1 is 1.07 bits per heavy atom. The molecule has 28 heavy (non-hydrogen) atoms. The van der Waals surface area contributed by atoms with Crippen LogP contribution < -0.4 is 4.74 Å². The molecule has 5 heteroatoms. The maximum absolute atomic E-state index is 13.0. The highest BCUT2D eigenvalue weighted by atomic mass is 16.5. The van der Waals surface area contributed by atoms with E-state index in [-0.39, 0.29) is 11.9 Å². The number of rotatable bonds is 6. The van der Waals surface area contributed by atoms with E-state index in [1.807, 2.05) is 56.3 Å². The molecule has 0 saturated carbocycles. The Hall–Kier alpha value is -3.65. The summed E-state index contributed by atoms with van der Waals surface area (Å²) in [7, 11) is 0. The van der Waals surface area contributed by atoms with Crippen LogP contribution in [0.5, 0.6) is 11.6 Å². The molecule has 0 aliphatic rings. The molecule has 1 heterocycles. The molecule has 0 radical (unpaired) electrons. The van der Waals surface area contributed by atoms with E-state index in [1.165, 1.54) is 6.20 Å². The Kier molecular flexibility index (Phi) is 6.03. The fourth-order valence-corrected chi connectivity index (χ4v) is 2.71. The second-order valence-electron chi connectivity index (χ2n) is 6.64. The number of hydrogen-bond acceptors (Lipinski definition) is 4. The standard InChI is InChI=1S/C23H21N3O2/c1-17(2)26(16-19-10-8-18(14-24)9-11-19)23(27)20-12-13-22(25-15-20)28-21-6-4-3-5-7-21/h3-13,15,17H,16H2,1-2H3. The number of ether oxygens (including phenoxy) is 1. The van der Waals surface area contributed by atoms with Gasteiger partial charge < -0.3 is 9.64 Å². The molecule has 5 nitrogen and oxygen atoms in total. The van der Waals surface area contributed by atoms with Crippen molar-refractivity contribution in [3.8, 4) is 17.7 Å². The molecule has 0 spiro atoms. The number of pyridine rings is 1. The lowest BCUT2D eigenvalue weighted by Gasteiger charge is -2.27. The molecular weight excluding hydrogens is 350 g/mol. The van der Waals surface area contributed by atoms with Crippen LogP contribution in [0.25, 0.3) is 0 Å². The van der Waals surface area contributed by atoms with E-state index in [4.69, 9.17) is 10.00 Å². The number of para-hydroxylation sites is 1. The molecule has 0 unspecified atom stereocenters. The number of nitrogens with zero attached hydrogens (tertiary/aromatic N) is 3. The van der Waals surface area contributed by atoms with Gasteiger partial charge in [0, 0.05) is 24.8 Å². The van der Waals surface area contributed by atoms with Crippen molar-refractivity contribution in [1.82, 2.24) is 9.88 Å². The minimum Gasteiger partial charge on any atom is -0.439 e. The maximum Gasteiger partial charge on any atom is 0.255 e. The minimum atomic E-state index is -0.0990. The second kappa shape index (κ2) is 8.83. The number of amides is 1. The summed E-state index contributed by atoms with van der Waals surface area (Å²) in [6.45, 7) is 4.41. The van der Waals surface area contributed by atoms with Crippen molar-refractivity contribution in [3.63, 3.8) is 0 Å². The molecule has 140 valence electrons. The van der Waals surface area contributed by atoms with Gasteiger partial charge in [-0.1, -0.05) is 30.3 Å². The van der Waals surface area contributed by atoms with Gasteiger partial charge in [-0.3, -0.25) is 4.79 Å². The van der Waals surface area contributed by atoms with Gasteiger partial charge in [0.15, 0.2) is 0 Å². The van der Waals surface area contributed by atoms with Crippen LogP contribution in [0.15, 0.2) is 72.9 Å². The molecule has 0 atom stereocenters. The molecule has 3 aromatic rings. The summed E-state index contributed by atoms with van der Waals surface area (Å²) >= 11 is 0. The van der Waals surface area contributed by atoms with Gasteiger partial charge in [-0.15, -0.1) is 0 Å². The van der Waals surface area contributed by atoms with Gasteiger partial charge in [0.1, 0.15) is 5.75 Å². The van der Waals surface area contributed by atoms with Gasteiger partial charge >= 0.3 is 0 Å². The lowest BCUT2D eigenvalue weighted by molar-refractivity contribution is 0.0690. The molecule has 0 aliphatic carbocycles. The van der Waals surface area contributed by atoms with Crippen molar-refractivity contribution < 1.29 is 9.53 Å². The zero-order chi connectivity index (χ0) is 19.9. The first-order valence-electron chi connectivity index (χ1n) is 9.06. The highest BCUT2D eigenvalue weighted by molar-refractivity contribution is 5.94. The first-order chi connectivity index (χ1) is 13.6. The summed E-state index contributed by atoms with van der Waals surface area (Å²) in [6, 6.07) is 22.2. The molecular formula is C23H21N3O2. The highest BCUT2D eigenvalue weighted by Crippen LogP contribution is 2.20. The van der Waals surface area contributed by atoms with Crippen LogP contribution in [-0.4, -0.2) is 21.8 Å². The number of carbonyl (C=O) groups excluding carboxylic acids is 1. The third-order valence-corrected chi connectivity index (χ3v) is 4.27. The van der Waals surface area contributed by atoms with Gasteiger partial charge in [0.05, 0.1) is 17.2 Å². The second-order valence-corrected chi connectivity index (χ2v) is 6.64. The third-order valence-electron chi connectivity index (χ3n) is 4.27. The van der Waals surface area contributed by atoms with Crippen LogP contribution in [0.2, 0.25) is 0 Å². The topological polar surface area (TPSA) is 66.2 Å². The number of nitriles is 1. The first kappa shape index (κ1) is 19.1. The predicted octanol–water partition coefficient (Wildman–Crippen LogP) is 4.80. The molecule has 2 aromatic carbocycles. The van der Waals surface area contributed by atoms with Gasteiger partial charge in [-0.25, -0.2) is 4.98 Å². The monoisotopic (exact) mass is 371 g/mol. The summed E-state index contributed by atoms with van der Waals surface area (Å²) in [5, 5.41) is 8.92. The average Bonchev–Trinajstić information content (AvgIpc) is 2.73. The molecule has 3 rings (SSSR count). The van der Waals surface area contributed by atoms with Crippen LogP contribution in [0.1, 0.15) is 35.3 Å². The first-order valence-corrected chi connectivity index (χ1v) is 9.06. The van der Waals surface area contributed by atoms with E-state index in [0.717, 1.165) is 5.56 Å². The van der Waals surface area contributed by atoms with Crippen molar-refractivity contribution in [2.75, 3.05) is 0 Å². The Labute approximate surface area is 164 Å². The van der Waals surface area contributed by atoms with Crippen molar-refractivity contribution in [1.29, 1.82) is 5.26 Å². The third kappa shape index (κ3) is 4.74. The Balaban J connectivity index is 1.72. The van der Waals surface area contributed by atoms with E-state index in [1.54, 1.807) is 29.2 Å². The van der Waals surface area contributed by atoms with Crippen molar-refractivity contribution in [3.05, 3.63) is 89.6 Å². The lowest BCUT2D eigenvalue weighted by atomic mass is 10.1. The summed E-state index contributed by atoms with van der Waals surface area (Å²) < 4.78 is 5.68. The van der Waals surface area contributed by atoms with E-state index in [2.05, 4.69) is 11.1 Å². The fourth-order valence-electron chi connectivity index (χ4n) is 2.71. The zero-order valence-electron chi connectivity index (χ0n) is 15.9. The highest BCUT2D eigenvalue weighted by Gasteiger charge is 2.19. The molecule has 1 amide bonds. The molecule has 0 fully saturated rings. The fraction of sp³-hybridized carbons (Fsp3) is 0.174. The average molecular weight is 371 g/mol. The molecule has 0 saturated heterocycles.